The second-order valence-corrected chi connectivity index (χ2v) is 7.07. The molecule has 0 bridgehead atoms. The summed E-state index contributed by atoms with van der Waals surface area (Å²) < 4.78 is 0. The van der Waals surface area contributed by atoms with E-state index in [9.17, 15) is 9.59 Å². The van der Waals surface area contributed by atoms with E-state index in [4.69, 9.17) is 0 Å². The monoisotopic (exact) mass is 341 g/mol. The van der Waals surface area contributed by atoms with E-state index in [0.717, 1.165) is 43.1 Å². The molecule has 0 saturated carbocycles. The van der Waals surface area contributed by atoms with Crippen molar-refractivity contribution in [2.24, 2.45) is 5.92 Å². The van der Waals surface area contributed by atoms with Crippen molar-refractivity contribution < 1.29 is 9.59 Å². The van der Waals surface area contributed by atoms with E-state index < -0.39 is 0 Å². The summed E-state index contributed by atoms with van der Waals surface area (Å²) >= 11 is 0. The molecule has 2 N–H and O–H groups in total. The fourth-order valence-electron chi connectivity index (χ4n) is 3.60. The van der Waals surface area contributed by atoms with Crippen molar-refractivity contribution in [3.63, 3.8) is 0 Å². The van der Waals surface area contributed by atoms with Gasteiger partial charge in [-0.3, -0.25) is 9.59 Å². The second-order valence-electron chi connectivity index (χ2n) is 7.07. The van der Waals surface area contributed by atoms with Crippen LogP contribution in [0.3, 0.4) is 0 Å². The van der Waals surface area contributed by atoms with Crippen LogP contribution in [0.15, 0.2) is 30.5 Å². The maximum Gasteiger partial charge on any atom is 0.253 e. The third kappa shape index (κ3) is 4.03. The molecular formula is C20H27N3O2. The summed E-state index contributed by atoms with van der Waals surface area (Å²) in [5.41, 5.74) is 1.64. The Labute approximate surface area is 148 Å². The number of carbonyl (C=O) groups excluding carboxylic acids is 2. The minimum Gasteiger partial charge on any atom is -0.361 e. The van der Waals surface area contributed by atoms with Crippen molar-refractivity contribution in [1.82, 2.24) is 15.2 Å². The van der Waals surface area contributed by atoms with Crippen LogP contribution >= 0.6 is 0 Å². The quantitative estimate of drug-likeness (QED) is 0.876. The number of aromatic nitrogens is 1. The largest absolute Gasteiger partial charge is 0.361 e. The summed E-state index contributed by atoms with van der Waals surface area (Å²) in [6, 6.07) is 7.90. The number of hydrogen-bond donors (Lipinski definition) is 2. The number of nitrogens with one attached hydrogen (secondary N) is 2. The first-order chi connectivity index (χ1) is 12.1. The summed E-state index contributed by atoms with van der Waals surface area (Å²) in [6.45, 7) is 5.38. The summed E-state index contributed by atoms with van der Waals surface area (Å²) in [5, 5.41) is 4.18. The molecule has 0 spiro atoms. The van der Waals surface area contributed by atoms with Crippen molar-refractivity contribution in [3.05, 3.63) is 36.0 Å². The molecule has 5 heteroatoms. The molecule has 0 unspecified atom stereocenters. The number of benzene rings is 1. The number of H-pyrrole nitrogens is 1. The van der Waals surface area contributed by atoms with Gasteiger partial charge in [-0.05, 0) is 49.8 Å². The standard InChI is InChI=1S/C20H27N3O2/c1-3-5-14(2)22-19(24)17-6-4-11-23(13-17)20(25)16-8-7-15-9-10-21-18(15)12-16/h7-10,12,14,17,21H,3-6,11,13H2,1-2H3,(H,22,24)/t14-,17-/m1/s1. The number of amides is 2. The van der Waals surface area contributed by atoms with Crippen LogP contribution in [0, 0.1) is 5.92 Å². The maximum absolute atomic E-state index is 12.8. The number of likely N-dealkylation sites (tertiary alicyclic amines) is 1. The van der Waals surface area contributed by atoms with Gasteiger partial charge in [-0.25, -0.2) is 0 Å². The number of carbonyl (C=O) groups is 2. The molecule has 3 rings (SSSR count). The lowest BCUT2D eigenvalue weighted by Gasteiger charge is -2.32. The van der Waals surface area contributed by atoms with Gasteiger partial charge in [-0.2, -0.15) is 0 Å². The van der Waals surface area contributed by atoms with Crippen molar-refractivity contribution >= 4 is 22.7 Å². The highest BCUT2D eigenvalue weighted by Crippen LogP contribution is 2.21. The van der Waals surface area contributed by atoms with Crippen LogP contribution < -0.4 is 5.32 Å². The van der Waals surface area contributed by atoms with Gasteiger partial charge in [0.1, 0.15) is 0 Å². The van der Waals surface area contributed by atoms with Gasteiger partial charge >= 0.3 is 0 Å². The molecule has 2 atom stereocenters. The number of nitrogens with zero attached hydrogens (tertiary/aromatic N) is 1. The second kappa shape index (κ2) is 7.72. The van der Waals surface area contributed by atoms with E-state index in [0.29, 0.717) is 12.1 Å². The van der Waals surface area contributed by atoms with Gasteiger partial charge in [0.2, 0.25) is 5.91 Å². The maximum atomic E-state index is 12.8. The fraction of sp³-hybridized carbons (Fsp3) is 0.500. The van der Waals surface area contributed by atoms with Crippen LogP contribution in [0.1, 0.15) is 49.9 Å². The molecule has 1 aromatic heterocycles. The van der Waals surface area contributed by atoms with Crippen LogP contribution in [0.25, 0.3) is 10.9 Å². The summed E-state index contributed by atoms with van der Waals surface area (Å²) in [5.74, 6) is -0.0138. The number of piperidine rings is 1. The lowest BCUT2D eigenvalue weighted by Crippen LogP contribution is -2.47. The smallest absolute Gasteiger partial charge is 0.253 e. The number of fused-ring (bicyclic) bond motifs is 1. The Hall–Kier alpha value is -2.30. The van der Waals surface area contributed by atoms with E-state index in [-0.39, 0.29) is 23.8 Å². The molecule has 5 nitrogen and oxygen atoms in total. The first kappa shape index (κ1) is 17.5. The van der Waals surface area contributed by atoms with E-state index in [1.165, 1.54) is 0 Å². The minimum atomic E-state index is -0.105. The summed E-state index contributed by atoms with van der Waals surface area (Å²) in [6.07, 6.45) is 5.63. The third-order valence-corrected chi connectivity index (χ3v) is 4.99. The molecule has 1 aliphatic rings. The van der Waals surface area contributed by atoms with Gasteiger partial charge in [0.25, 0.3) is 5.91 Å². The molecule has 25 heavy (non-hydrogen) atoms. The highest BCUT2D eigenvalue weighted by molar-refractivity contribution is 5.98. The molecule has 2 aromatic rings. The Morgan fingerprint density at radius 2 is 2.20 bits per heavy atom. The number of hydrogen-bond acceptors (Lipinski definition) is 2. The highest BCUT2D eigenvalue weighted by Gasteiger charge is 2.29. The molecule has 2 amide bonds. The number of aromatic amines is 1. The average Bonchev–Trinajstić information content (AvgIpc) is 3.09. The Balaban J connectivity index is 1.65. The predicted octanol–water partition coefficient (Wildman–Crippen LogP) is 3.32. The zero-order valence-electron chi connectivity index (χ0n) is 15.0. The van der Waals surface area contributed by atoms with E-state index in [1.54, 1.807) is 0 Å². The minimum absolute atomic E-state index is 0.00982. The van der Waals surface area contributed by atoms with Crippen molar-refractivity contribution in [2.45, 2.75) is 45.6 Å². The number of rotatable bonds is 5. The van der Waals surface area contributed by atoms with Crippen molar-refractivity contribution in [3.8, 4) is 0 Å². The zero-order valence-corrected chi connectivity index (χ0v) is 15.0. The Morgan fingerprint density at radius 3 is 3.00 bits per heavy atom. The molecule has 1 aliphatic heterocycles. The first-order valence-electron chi connectivity index (χ1n) is 9.25. The predicted molar refractivity (Wildman–Crippen MR) is 99.4 cm³/mol. The lowest BCUT2D eigenvalue weighted by molar-refractivity contribution is -0.127. The van der Waals surface area contributed by atoms with Gasteiger partial charge in [-0.15, -0.1) is 0 Å². The molecular weight excluding hydrogens is 314 g/mol. The Morgan fingerprint density at radius 1 is 1.36 bits per heavy atom. The van der Waals surface area contributed by atoms with Gasteiger partial charge in [0.05, 0.1) is 5.92 Å². The lowest BCUT2D eigenvalue weighted by atomic mass is 9.96. The van der Waals surface area contributed by atoms with Crippen LogP contribution in [0.5, 0.6) is 0 Å². The topological polar surface area (TPSA) is 65.2 Å². The highest BCUT2D eigenvalue weighted by atomic mass is 16.2. The van der Waals surface area contributed by atoms with Gasteiger partial charge in [0, 0.05) is 36.4 Å². The van der Waals surface area contributed by atoms with Crippen LogP contribution in [-0.4, -0.2) is 40.8 Å². The van der Waals surface area contributed by atoms with Crippen molar-refractivity contribution in [1.29, 1.82) is 0 Å². The molecule has 1 fully saturated rings. The molecule has 0 aliphatic carbocycles. The normalized spacial score (nSPS) is 19.0. The molecule has 2 heterocycles. The fourth-order valence-corrected chi connectivity index (χ4v) is 3.60. The molecule has 1 saturated heterocycles. The van der Waals surface area contributed by atoms with Crippen molar-refractivity contribution in [2.75, 3.05) is 13.1 Å². The Bertz CT molecular complexity index is 752. The van der Waals surface area contributed by atoms with Gasteiger partial charge < -0.3 is 15.2 Å². The SMILES string of the molecule is CCC[C@@H](C)NC(=O)[C@@H]1CCCN(C(=O)c2ccc3cc[nH]c3c2)C1. The Kier molecular flexibility index (Phi) is 5.41. The van der Waals surface area contributed by atoms with Gasteiger partial charge in [-0.1, -0.05) is 19.4 Å². The summed E-state index contributed by atoms with van der Waals surface area (Å²) in [7, 11) is 0. The zero-order chi connectivity index (χ0) is 17.8. The third-order valence-electron chi connectivity index (χ3n) is 4.99. The van der Waals surface area contributed by atoms with E-state index in [2.05, 4.69) is 17.2 Å². The molecule has 0 radical (unpaired) electrons. The van der Waals surface area contributed by atoms with Gasteiger partial charge in [0.15, 0.2) is 0 Å². The molecule has 134 valence electrons. The van der Waals surface area contributed by atoms with Crippen LogP contribution in [0.2, 0.25) is 0 Å². The van der Waals surface area contributed by atoms with E-state index in [1.807, 2.05) is 42.3 Å². The van der Waals surface area contributed by atoms with Crippen LogP contribution in [0.4, 0.5) is 0 Å². The summed E-state index contributed by atoms with van der Waals surface area (Å²) in [4.78, 5) is 30.3. The first-order valence-corrected chi connectivity index (χ1v) is 9.25. The van der Waals surface area contributed by atoms with Crippen LogP contribution in [-0.2, 0) is 4.79 Å². The van der Waals surface area contributed by atoms with E-state index >= 15 is 0 Å². The molecule has 1 aromatic carbocycles. The average molecular weight is 341 g/mol.